The number of aryl methyl sites for hydroxylation is 1. The lowest BCUT2D eigenvalue weighted by Crippen LogP contribution is -2.41. The van der Waals surface area contributed by atoms with Crippen molar-refractivity contribution in [2.24, 2.45) is 0 Å². The third-order valence-corrected chi connectivity index (χ3v) is 12.0. The lowest BCUT2D eigenvalue weighted by Gasteiger charge is -2.25. The first-order valence-electron chi connectivity index (χ1n) is 17.3. The number of para-hydroxylation sites is 1. The van der Waals surface area contributed by atoms with Crippen molar-refractivity contribution in [3.8, 4) is 23.0 Å². The topological polar surface area (TPSA) is 47.1 Å². The van der Waals surface area contributed by atoms with Gasteiger partial charge in [-0.05, 0) is 99.2 Å². The van der Waals surface area contributed by atoms with E-state index in [1.807, 2.05) is 79.9 Å². The minimum Gasteiger partial charge on any atom is -0.497 e. The first-order valence-corrected chi connectivity index (χ1v) is 20.6. The summed E-state index contributed by atoms with van der Waals surface area (Å²) in [6.07, 6.45) is 3.83. The fourth-order valence-corrected chi connectivity index (χ4v) is 7.95. The number of anilines is 1. The van der Waals surface area contributed by atoms with Crippen LogP contribution in [0.5, 0.6) is 23.0 Å². The molecule has 0 unspecified atom stereocenters. The van der Waals surface area contributed by atoms with Crippen molar-refractivity contribution in [1.29, 1.82) is 0 Å². The van der Waals surface area contributed by atoms with E-state index in [0.29, 0.717) is 12.4 Å². The summed E-state index contributed by atoms with van der Waals surface area (Å²) in [5.41, 5.74) is 2.36. The molecule has 0 saturated carbocycles. The summed E-state index contributed by atoms with van der Waals surface area (Å²) in [4.78, 5) is 8.95. The van der Waals surface area contributed by atoms with E-state index in [1.54, 1.807) is 7.11 Å². The number of rotatable bonds is 16. The lowest BCUT2D eigenvalue weighted by atomic mass is 10.1. The molecule has 1 aromatic heterocycles. The molecule has 5 aromatic rings. The van der Waals surface area contributed by atoms with E-state index in [1.165, 1.54) is 22.9 Å². The van der Waals surface area contributed by atoms with Gasteiger partial charge in [0.05, 0.1) is 21.8 Å². The van der Waals surface area contributed by atoms with Gasteiger partial charge in [0.15, 0.2) is 11.6 Å². The molecule has 5 rings (SSSR count). The van der Waals surface area contributed by atoms with E-state index in [2.05, 4.69) is 84.4 Å². The second kappa shape index (κ2) is 19.5. The third-order valence-electron chi connectivity index (χ3n) is 8.50. The van der Waals surface area contributed by atoms with Crippen LogP contribution in [-0.4, -0.2) is 58.9 Å². The number of hydrogen-bond acceptors (Lipinski definition) is 6. The van der Waals surface area contributed by atoms with Crippen LogP contribution in [0.25, 0.3) is 0 Å². The zero-order valence-corrected chi connectivity index (χ0v) is 31.4. The van der Waals surface area contributed by atoms with Crippen LogP contribution >= 0.6 is 0 Å². The van der Waals surface area contributed by atoms with E-state index in [-0.39, 0.29) is 11.6 Å². The van der Waals surface area contributed by atoms with Gasteiger partial charge in [0.2, 0.25) is 0 Å². The average Bonchev–Trinajstić information content (AvgIpc) is 3.13. The minimum atomic E-state index is -1.53. The molecular formula is C42H52FN3O3Si. The van der Waals surface area contributed by atoms with Gasteiger partial charge in [0.1, 0.15) is 23.1 Å². The number of likely N-dealkylation sites (N-methyl/N-ethyl adjacent to an activating group) is 1. The molecule has 0 N–H and O–H groups in total. The molecule has 0 aliphatic carbocycles. The number of halogens is 1. The molecule has 0 atom stereocenters. The van der Waals surface area contributed by atoms with Crippen molar-refractivity contribution in [2.45, 2.75) is 45.4 Å². The molecule has 0 aliphatic rings. The number of nitrogens with zero attached hydrogens (tertiary/aromatic N) is 3. The molecule has 0 aliphatic heterocycles. The third kappa shape index (κ3) is 12.3. The zero-order valence-electron chi connectivity index (χ0n) is 30.4. The van der Waals surface area contributed by atoms with Crippen molar-refractivity contribution < 1.29 is 18.6 Å². The SMILES string of the molecule is CCOc1ccc([Si](C)(C)CCCc2ccc(F)c(Oc3ccccc3)c2)cc1.COc1ccc(CN(CCN(C)C)c2ccccn2)cc1. The maximum Gasteiger partial charge on any atom is 0.165 e. The van der Waals surface area contributed by atoms with Crippen LogP contribution in [0.3, 0.4) is 0 Å². The predicted octanol–water partition coefficient (Wildman–Crippen LogP) is 9.22. The van der Waals surface area contributed by atoms with Crippen LogP contribution in [-0.2, 0) is 13.0 Å². The molecule has 0 fully saturated rings. The maximum atomic E-state index is 14.1. The fraction of sp³-hybridized carbons (Fsp3) is 0.310. The first kappa shape index (κ1) is 38.1. The maximum absolute atomic E-state index is 14.1. The van der Waals surface area contributed by atoms with Crippen LogP contribution in [0.2, 0.25) is 19.1 Å². The Bertz CT molecular complexity index is 1690. The number of ether oxygens (including phenoxy) is 3. The van der Waals surface area contributed by atoms with E-state index >= 15 is 0 Å². The molecule has 264 valence electrons. The fourth-order valence-electron chi connectivity index (χ4n) is 5.53. The molecule has 0 saturated heterocycles. The van der Waals surface area contributed by atoms with Gasteiger partial charge in [-0.2, -0.15) is 0 Å². The van der Waals surface area contributed by atoms with Crippen LogP contribution in [0, 0.1) is 5.82 Å². The molecule has 0 bridgehead atoms. The Labute approximate surface area is 299 Å². The largest absolute Gasteiger partial charge is 0.497 e. The Hall–Kier alpha value is -4.66. The summed E-state index contributed by atoms with van der Waals surface area (Å²) in [6, 6.07) is 38.5. The molecule has 4 aromatic carbocycles. The highest BCUT2D eigenvalue weighted by Gasteiger charge is 2.23. The molecule has 8 heteroatoms. The monoisotopic (exact) mass is 693 g/mol. The van der Waals surface area contributed by atoms with Crippen molar-refractivity contribution in [2.75, 3.05) is 45.8 Å². The standard InChI is InChI=1S/C25H29FO2Si.C17H23N3O/c1-4-27-21-13-15-23(16-14-21)29(2,3)18-8-9-20-12-17-24(26)25(19-20)28-22-10-6-5-7-11-22;1-19(2)12-13-20(17-6-4-5-11-18-17)14-15-7-9-16(21-3)10-8-15/h5-7,10-17,19H,4,8-9,18H2,1-3H3;4-11H,12-14H2,1-3H3. The quantitative estimate of drug-likeness (QED) is 0.0961. The highest BCUT2D eigenvalue weighted by molar-refractivity contribution is 6.89. The van der Waals surface area contributed by atoms with E-state index in [9.17, 15) is 4.39 Å². The number of benzene rings is 4. The van der Waals surface area contributed by atoms with Gasteiger partial charge in [-0.1, -0.05) is 85.3 Å². The minimum absolute atomic E-state index is 0.289. The van der Waals surface area contributed by atoms with Gasteiger partial charge >= 0.3 is 0 Å². The molecule has 0 spiro atoms. The van der Waals surface area contributed by atoms with Crippen molar-refractivity contribution in [1.82, 2.24) is 9.88 Å². The van der Waals surface area contributed by atoms with E-state index in [0.717, 1.165) is 55.4 Å². The van der Waals surface area contributed by atoms with Crippen LogP contribution in [0.1, 0.15) is 24.5 Å². The summed E-state index contributed by atoms with van der Waals surface area (Å²) >= 11 is 0. The van der Waals surface area contributed by atoms with Crippen molar-refractivity contribution in [3.63, 3.8) is 0 Å². The molecular weight excluding hydrogens is 642 g/mol. The Kier molecular flexibility index (Phi) is 14.9. The highest BCUT2D eigenvalue weighted by atomic mass is 28.3. The number of pyridine rings is 1. The van der Waals surface area contributed by atoms with Gasteiger partial charge in [0.25, 0.3) is 0 Å². The second-order valence-electron chi connectivity index (χ2n) is 13.1. The molecule has 6 nitrogen and oxygen atoms in total. The van der Waals surface area contributed by atoms with Gasteiger partial charge in [0, 0.05) is 25.8 Å². The summed E-state index contributed by atoms with van der Waals surface area (Å²) in [7, 11) is 4.34. The molecule has 0 radical (unpaired) electrons. The normalized spacial score (nSPS) is 11.0. The molecule has 50 heavy (non-hydrogen) atoms. The smallest absolute Gasteiger partial charge is 0.165 e. The van der Waals surface area contributed by atoms with Gasteiger partial charge in [-0.15, -0.1) is 0 Å². The van der Waals surface area contributed by atoms with E-state index in [4.69, 9.17) is 14.2 Å². The van der Waals surface area contributed by atoms with Crippen LogP contribution in [0.15, 0.2) is 121 Å². The Morgan fingerprint density at radius 2 is 1.42 bits per heavy atom. The summed E-state index contributed by atoms with van der Waals surface area (Å²) < 4.78 is 30.6. The molecule has 0 amide bonds. The summed E-state index contributed by atoms with van der Waals surface area (Å²) in [5.74, 6) is 3.43. The average molecular weight is 694 g/mol. The number of aromatic nitrogens is 1. The number of hydrogen-bond donors (Lipinski definition) is 0. The lowest BCUT2D eigenvalue weighted by molar-refractivity contribution is 0.340. The Balaban J connectivity index is 0.000000237. The zero-order chi connectivity index (χ0) is 35.8. The predicted molar refractivity (Wildman–Crippen MR) is 208 cm³/mol. The Morgan fingerprint density at radius 3 is 2.06 bits per heavy atom. The van der Waals surface area contributed by atoms with Crippen molar-refractivity contribution >= 4 is 19.1 Å². The Morgan fingerprint density at radius 1 is 0.740 bits per heavy atom. The summed E-state index contributed by atoms with van der Waals surface area (Å²) in [5, 5.41) is 1.44. The van der Waals surface area contributed by atoms with Crippen molar-refractivity contribution in [3.05, 3.63) is 138 Å². The van der Waals surface area contributed by atoms with Gasteiger partial charge in [-0.25, -0.2) is 9.37 Å². The van der Waals surface area contributed by atoms with Gasteiger partial charge in [-0.3, -0.25) is 0 Å². The van der Waals surface area contributed by atoms with E-state index < -0.39 is 8.07 Å². The van der Waals surface area contributed by atoms with Gasteiger partial charge < -0.3 is 24.0 Å². The number of methoxy groups -OCH3 is 1. The summed E-state index contributed by atoms with van der Waals surface area (Å²) in [6.45, 7) is 10.3. The van der Waals surface area contributed by atoms with Crippen LogP contribution < -0.4 is 24.3 Å². The second-order valence-corrected chi connectivity index (χ2v) is 18.0. The van der Waals surface area contributed by atoms with Crippen LogP contribution in [0.4, 0.5) is 10.2 Å². The first-order chi connectivity index (χ1) is 24.2. The highest BCUT2D eigenvalue weighted by Crippen LogP contribution is 2.27. The molecule has 1 heterocycles.